The van der Waals surface area contributed by atoms with Gasteiger partial charge in [-0.05, 0) is 38.5 Å². The van der Waals surface area contributed by atoms with Crippen molar-refractivity contribution in [3.63, 3.8) is 0 Å². The number of ether oxygens (including phenoxy) is 3. The molecule has 0 bridgehead atoms. The van der Waals surface area contributed by atoms with Crippen molar-refractivity contribution in [3.05, 3.63) is 24.3 Å². The van der Waals surface area contributed by atoms with Gasteiger partial charge in [-0.3, -0.25) is 4.79 Å². The average molecular weight is 532 g/mol. The summed E-state index contributed by atoms with van der Waals surface area (Å²) in [7, 11) is 0. The molecule has 0 amide bonds. The number of halogens is 1. The lowest BCUT2D eigenvalue weighted by Crippen LogP contribution is -2.20. The SMILES string of the molecule is CCCCCC/C=C\COC(CCC(=O)OCCCCCCBr)OC/C=C\CCCCCC. The van der Waals surface area contributed by atoms with Crippen molar-refractivity contribution in [2.75, 3.05) is 25.2 Å². The zero-order chi connectivity index (χ0) is 24.2. The van der Waals surface area contributed by atoms with E-state index in [0.29, 0.717) is 32.7 Å². The fraction of sp³-hybridized carbons (Fsp3) is 0.821. The third kappa shape index (κ3) is 25.8. The van der Waals surface area contributed by atoms with Crippen molar-refractivity contribution in [3.8, 4) is 0 Å². The van der Waals surface area contributed by atoms with E-state index in [-0.39, 0.29) is 12.3 Å². The van der Waals surface area contributed by atoms with E-state index < -0.39 is 0 Å². The lowest BCUT2D eigenvalue weighted by Gasteiger charge is -2.16. The van der Waals surface area contributed by atoms with Crippen LogP contribution in [0.2, 0.25) is 0 Å². The number of alkyl halides is 1. The minimum Gasteiger partial charge on any atom is -0.466 e. The highest BCUT2D eigenvalue weighted by atomic mass is 79.9. The van der Waals surface area contributed by atoms with E-state index in [1.54, 1.807) is 0 Å². The summed E-state index contributed by atoms with van der Waals surface area (Å²) < 4.78 is 17.2. The van der Waals surface area contributed by atoms with E-state index >= 15 is 0 Å². The van der Waals surface area contributed by atoms with Crippen molar-refractivity contribution >= 4 is 21.9 Å². The predicted molar refractivity (Wildman–Crippen MR) is 144 cm³/mol. The fourth-order valence-corrected chi connectivity index (χ4v) is 3.73. The van der Waals surface area contributed by atoms with E-state index in [2.05, 4.69) is 54.1 Å². The minimum absolute atomic E-state index is 0.161. The molecule has 194 valence electrons. The molecule has 5 heteroatoms. The summed E-state index contributed by atoms with van der Waals surface area (Å²) >= 11 is 3.44. The second kappa shape index (κ2) is 27.6. The summed E-state index contributed by atoms with van der Waals surface area (Å²) in [6.45, 7) is 6.00. The number of allylic oxidation sites excluding steroid dienone is 2. The summed E-state index contributed by atoms with van der Waals surface area (Å²) in [6, 6.07) is 0. The van der Waals surface area contributed by atoms with Gasteiger partial charge in [-0.25, -0.2) is 0 Å². The van der Waals surface area contributed by atoms with Crippen LogP contribution >= 0.6 is 15.9 Å². The highest BCUT2D eigenvalue weighted by Gasteiger charge is 2.12. The van der Waals surface area contributed by atoms with Gasteiger partial charge in [0.25, 0.3) is 0 Å². The minimum atomic E-state index is -0.383. The Hall–Kier alpha value is -0.650. The summed E-state index contributed by atoms with van der Waals surface area (Å²) in [5.74, 6) is -0.161. The molecule has 0 rings (SSSR count). The molecule has 0 aromatic carbocycles. The maximum absolute atomic E-state index is 12.1. The Labute approximate surface area is 213 Å². The van der Waals surface area contributed by atoms with Crippen LogP contribution in [-0.4, -0.2) is 37.4 Å². The molecule has 0 spiro atoms. The molecule has 4 nitrogen and oxygen atoms in total. The molecule has 0 unspecified atom stereocenters. The van der Waals surface area contributed by atoms with Crippen molar-refractivity contribution in [1.82, 2.24) is 0 Å². The van der Waals surface area contributed by atoms with Crippen molar-refractivity contribution < 1.29 is 19.0 Å². The van der Waals surface area contributed by atoms with Gasteiger partial charge in [0, 0.05) is 11.8 Å². The number of hydrogen-bond donors (Lipinski definition) is 0. The van der Waals surface area contributed by atoms with Crippen molar-refractivity contribution in [2.45, 2.75) is 123 Å². The van der Waals surface area contributed by atoms with Crippen molar-refractivity contribution in [2.24, 2.45) is 0 Å². The van der Waals surface area contributed by atoms with Gasteiger partial charge in [-0.2, -0.15) is 0 Å². The van der Waals surface area contributed by atoms with Crippen LogP contribution in [-0.2, 0) is 19.0 Å². The first kappa shape index (κ1) is 32.4. The Kier molecular flexibility index (Phi) is 27.0. The molecule has 0 aliphatic rings. The Morgan fingerprint density at radius 1 is 0.727 bits per heavy atom. The molecule has 0 saturated heterocycles. The molecule has 0 atom stereocenters. The van der Waals surface area contributed by atoms with E-state index in [4.69, 9.17) is 14.2 Å². The third-order valence-corrected chi connectivity index (χ3v) is 5.97. The summed E-state index contributed by atoms with van der Waals surface area (Å²) in [5.41, 5.74) is 0. The Morgan fingerprint density at radius 2 is 1.27 bits per heavy atom. The van der Waals surface area contributed by atoms with Gasteiger partial charge in [0.1, 0.15) is 0 Å². The van der Waals surface area contributed by atoms with Crippen molar-refractivity contribution in [1.29, 1.82) is 0 Å². The van der Waals surface area contributed by atoms with Gasteiger partial charge in [-0.15, -0.1) is 0 Å². The number of esters is 1. The van der Waals surface area contributed by atoms with Crippen LogP contribution in [0.1, 0.15) is 117 Å². The highest BCUT2D eigenvalue weighted by molar-refractivity contribution is 9.09. The molecule has 0 aliphatic carbocycles. The molecular weight excluding hydrogens is 480 g/mol. The Bertz CT molecular complexity index is 439. The van der Waals surface area contributed by atoms with Crippen LogP contribution in [0, 0.1) is 0 Å². The first-order valence-electron chi connectivity index (χ1n) is 13.5. The van der Waals surface area contributed by atoms with Gasteiger partial charge >= 0.3 is 5.97 Å². The Balaban J connectivity index is 4.17. The van der Waals surface area contributed by atoms with Gasteiger partial charge in [0.15, 0.2) is 6.29 Å². The van der Waals surface area contributed by atoms with Crippen LogP contribution in [0.3, 0.4) is 0 Å². The van der Waals surface area contributed by atoms with Crippen LogP contribution < -0.4 is 0 Å². The van der Waals surface area contributed by atoms with E-state index in [1.165, 1.54) is 64.2 Å². The van der Waals surface area contributed by atoms with Crippen LogP contribution in [0.15, 0.2) is 24.3 Å². The molecule has 0 radical (unpaired) electrons. The smallest absolute Gasteiger partial charge is 0.305 e. The van der Waals surface area contributed by atoms with Gasteiger partial charge in [0.2, 0.25) is 0 Å². The molecule has 0 aromatic rings. The first-order chi connectivity index (χ1) is 16.2. The zero-order valence-electron chi connectivity index (χ0n) is 21.5. The average Bonchev–Trinajstić information content (AvgIpc) is 2.82. The molecule has 33 heavy (non-hydrogen) atoms. The number of hydrogen-bond acceptors (Lipinski definition) is 4. The first-order valence-corrected chi connectivity index (χ1v) is 14.6. The monoisotopic (exact) mass is 530 g/mol. The summed E-state index contributed by atoms with van der Waals surface area (Å²) in [6.07, 6.45) is 25.7. The molecule has 0 aromatic heterocycles. The molecule has 0 aliphatic heterocycles. The number of unbranched alkanes of at least 4 members (excludes halogenated alkanes) is 11. The summed E-state index contributed by atoms with van der Waals surface area (Å²) in [5, 5.41) is 1.04. The number of carbonyl (C=O) groups is 1. The second-order valence-electron chi connectivity index (χ2n) is 8.60. The number of rotatable bonds is 25. The summed E-state index contributed by atoms with van der Waals surface area (Å²) in [4.78, 5) is 12.1. The van der Waals surface area contributed by atoms with E-state index in [1.807, 2.05) is 0 Å². The van der Waals surface area contributed by atoms with E-state index in [9.17, 15) is 4.79 Å². The van der Waals surface area contributed by atoms with Gasteiger partial charge in [-0.1, -0.05) is 105 Å². The maximum Gasteiger partial charge on any atom is 0.305 e. The van der Waals surface area contributed by atoms with Crippen LogP contribution in [0.25, 0.3) is 0 Å². The fourth-order valence-electron chi connectivity index (χ4n) is 3.33. The standard InChI is InChI=1S/C28H51BrO4/c1-3-5-7-9-11-14-19-25-32-28(33-26-20-15-12-10-8-6-4-2)22-21-27(30)31-24-18-16-13-17-23-29/h14-15,19-20,28H,3-13,16-18,21-26H2,1-2H3/b19-14-,20-15-. The third-order valence-electron chi connectivity index (χ3n) is 5.41. The topological polar surface area (TPSA) is 44.8 Å². The predicted octanol–water partition coefficient (Wildman–Crippen LogP) is 8.68. The van der Waals surface area contributed by atoms with Crippen LogP contribution in [0.5, 0.6) is 0 Å². The lowest BCUT2D eigenvalue weighted by molar-refractivity contribution is -0.153. The van der Waals surface area contributed by atoms with Gasteiger partial charge in [0.05, 0.1) is 26.2 Å². The van der Waals surface area contributed by atoms with Crippen LogP contribution in [0.4, 0.5) is 0 Å². The maximum atomic E-state index is 12.1. The number of carbonyl (C=O) groups excluding carboxylic acids is 1. The molecule has 0 heterocycles. The van der Waals surface area contributed by atoms with Gasteiger partial charge < -0.3 is 14.2 Å². The molecule has 0 N–H and O–H groups in total. The van der Waals surface area contributed by atoms with E-state index in [0.717, 1.165) is 31.0 Å². The second-order valence-corrected chi connectivity index (χ2v) is 9.39. The highest BCUT2D eigenvalue weighted by Crippen LogP contribution is 2.09. The molecule has 0 saturated carbocycles. The largest absolute Gasteiger partial charge is 0.466 e. The molecular formula is C28H51BrO4. The molecule has 0 fully saturated rings. The zero-order valence-corrected chi connectivity index (χ0v) is 23.1. The normalized spacial score (nSPS) is 11.9. The lowest BCUT2D eigenvalue weighted by atomic mass is 10.1. The Morgan fingerprint density at radius 3 is 1.82 bits per heavy atom. The quantitative estimate of drug-likeness (QED) is 0.0389.